The number of piperidine rings is 1. The van der Waals surface area contributed by atoms with Crippen molar-refractivity contribution in [3.63, 3.8) is 0 Å². The van der Waals surface area contributed by atoms with Gasteiger partial charge in [-0.3, -0.25) is 4.98 Å². The predicted octanol–water partition coefficient (Wildman–Crippen LogP) is 4.41. The summed E-state index contributed by atoms with van der Waals surface area (Å²) in [5, 5.41) is 23.4. The van der Waals surface area contributed by atoms with Crippen molar-refractivity contribution in [1.29, 1.82) is 0 Å². The molecular formula is C25H29N5O. The maximum atomic E-state index is 10.6. The highest BCUT2D eigenvalue weighted by Crippen LogP contribution is 2.43. The number of benzene rings is 1. The third-order valence-electron chi connectivity index (χ3n) is 7.05. The molecule has 160 valence electrons. The molecule has 1 unspecified atom stereocenters. The Balaban J connectivity index is 1.36. The van der Waals surface area contributed by atoms with Crippen molar-refractivity contribution in [3.8, 4) is 28.1 Å². The molecule has 3 aromatic rings. The molecular weight excluding hydrogens is 386 g/mol. The number of aromatic hydroxyl groups is 1. The summed E-state index contributed by atoms with van der Waals surface area (Å²) < 4.78 is 0. The lowest BCUT2D eigenvalue weighted by atomic mass is 9.84. The fraction of sp³-hybridized carbons (Fsp3) is 0.400. The van der Waals surface area contributed by atoms with E-state index in [2.05, 4.69) is 46.3 Å². The summed E-state index contributed by atoms with van der Waals surface area (Å²) in [4.78, 5) is 6.32. The number of fused-ring (bicyclic) bond motifs is 2. The molecule has 5 rings (SSSR count). The Morgan fingerprint density at radius 2 is 1.65 bits per heavy atom. The number of rotatable bonds is 4. The van der Waals surface area contributed by atoms with Crippen LogP contribution < -0.4 is 10.2 Å². The minimum atomic E-state index is 0.195. The molecule has 2 bridgehead atoms. The molecule has 2 aromatic heterocycles. The second kappa shape index (κ2) is 7.31. The van der Waals surface area contributed by atoms with Gasteiger partial charge in [-0.05, 0) is 87.1 Å². The van der Waals surface area contributed by atoms with Crippen molar-refractivity contribution < 1.29 is 5.11 Å². The number of phenols is 1. The van der Waals surface area contributed by atoms with Crippen molar-refractivity contribution in [3.05, 3.63) is 54.9 Å². The Morgan fingerprint density at radius 1 is 0.935 bits per heavy atom. The Morgan fingerprint density at radius 3 is 2.26 bits per heavy atom. The first kappa shape index (κ1) is 19.9. The molecule has 0 saturated carbocycles. The van der Waals surface area contributed by atoms with Gasteiger partial charge in [0.25, 0.3) is 0 Å². The molecule has 0 radical (unpaired) electrons. The van der Waals surface area contributed by atoms with Crippen LogP contribution >= 0.6 is 0 Å². The zero-order valence-corrected chi connectivity index (χ0v) is 18.3. The Bertz CT molecular complexity index is 1070. The van der Waals surface area contributed by atoms with Crippen LogP contribution in [0.3, 0.4) is 0 Å². The minimum absolute atomic E-state index is 0.195. The minimum Gasteiger partial charge on any atom is -0.507 e. The Labute approximate surface area is 183 Å². The molecule has 31 heavy (non-hydrogen) atoms. The highest BCUT2D eigenvalue weighted by molar-refractivity contribution is 5.74. The van der Waals surface area contributed by atoms with Gasteiger partial charge in [0.1, 0.15) is 5.75 Å². The molecule has 2 aliphatic rings. The van der Waals surface area contributed by atoms with Crippen molar-refractivity contribution in [2.75, 3.05) is 11.9 Å². The van der Waals surface area contributed by atoms with Crippen LogP contribution in [0.15, 0.2) is 54.9 Å². The van der Waals surface area contributed by atoms with E-state index in [4.69, 9.17) is 0 Å². The number of aromatic nitrogens is 3. The summed E-state index contributed by atoms with van der Waals surface area (Å²) >= 11 is 0. The smallest absolute Gasteiger partial charge is 0.151 e. The largest absolute Gasteiger partial charge is 0.507 e. The maximum absolute atomic E-state index is 10.6. The van der Waals surface area contributed by atoms with Gasteiger partial charge in [-0.2, -0.15) is 0 Å². The Hall–Kier alpha value is -2.99. The van der Waals surface area contributed by atoms with Gasteiger partial charge in [0.2, 0.25) is 0 Å². The third-order valence-corrected chi connectivity index (χ3v) is 7.05. The number of hydrogen-bond donors (Lipinski definition) is 2. The average molecular weight is 416 g/mol. The van der Waals surface area contributed by atoms with Crippen LogP contribution in [0.1, 0.15) is 39.5 Å². The van der Waals surface area contributed by atoms with Crippen molar-refractivity contribution in [1.82, 2.24) is 20.5 Å². The molecule has 0 spiro atoms. The van der Waals surface area contributed by atoms with Crippen LogP contribution in [-0.2, 0) is 0 Å². The number of phenolic OH excluding ortho intramolecular Hbond substituents is 1. The molecule has 2 fully saturated rings. The van der Waals surface area contributed by atoms with Crippen LogP contribution in [0.5, 0.6) is 5.75 Å². The quantitative estimate of drug-likeness (QED) is 0.657. The van der Waals surface area contributed by atoms with Gasteiger partial charge in [0, 0.05) is 42.1 Å². The highest BCUT2D eigenvalue weighted by atomic mass is 16.3. The van der Waals surface area contributed by atoms with Crippen LogP contribution in [0, 0.1) is 0 Å². The molecule has 0 amide bonds. The van der Waals surface area contributed by atoms with Crippen LogP contribution in [0.4, 0.5) is 5.82 Å². The van der Waals surface area contributed by atoms with Crippen LogP contribution in [-0.4, -0.2) is 44.5 Å². The van der Waals surface area contributed by atoms with E-state index >= 15 is 0 Å². The van der Waals surface area contributed by atoms with E-state index in [0.717, 1.165) is 29.8 Å². The zero-order valence-electron chi connectivity index (χ0n) is 18.3. The second-order valence-electron chi connectivity index (χ2n) is 9.66. The van der Waals surface area contributed by atoms with E-state index in [0.29, 0.717) is 17.3 Å². The van der Waals surface area contributed by atoms with Gasteiger partial charge in [-0.25, -0.2) is 0 Å². The monoisotopic (exact) mass is 415 g/mol. The molecule has 0 aliphatic carbocycles. The van der Waals surface area contributed by atoms with Gasteiger partial charge < -0.3 is 15.3 Å². The molecule has 2 N–H and O–H groups in total. The van der Waals surface area contributed by atoms with Gasteiger partial charge in [-0.1, -0.05) is 6.07 Å². The summed E-state index contributed by atoms with van der Waals surface area (Å²) in [7, 11) is 2.12. The number of hydrogen-bond acceptors (Lipinski definition) is 6. The fourth-order valence-electron chi connectivity index (χ4n) is 5.41. The van der Waals surface area contributed by atoms with Gasteiger partial charge in [-0.15, -0.1) is 10.2 Å². The van der Waals surface area contributed by atoms with Crippen LogP contribution in [0.2, 0.25) is 0 Å². The van der Waals surface area contributed by atoms with Crippen molar-refractivity contribution in [2.24, 2.45) is 0 Å². The molecule has 3 atom stereocenters. The molecule has 2 aliphatic heterocycles. The number of nitrogens with zero attached hydrogens (tertiary/aromatic N) is 4. The average Bonchev–Trinajstić information content (AvgIpc) is 3.00. The first-order valence-corrected chi connectivity index (χ1v) is 10.9. The summed E-state index contributed by atoms with van der Waals surface area (Å²) in [6.45, 7) is 4.68. The lowest BCUT2D eigenvalue weighted by molar-refractivity contribution is 0.207. The van der Waals surface area contributed by atoms with E-state index in [9.17, 15) is 5.11 Å². The summed E-state index contributed by atoms with van der Waals surface area (Å²) in [5.41, 5.74) is 3.72. The SMILES string of the molecule is CN(c1ccc(-c2ccc(-c3ccncc3)cc2O)nn1)C1C[C@]2(C)CC[C@](C)(C1)N2. The van der Waals surface area contributed by atoms with E-state index < -0.39 is 0 Å². The lowest BCUT2D eigenvalue weighted by Gasteiger charge is -2.45. The standard InChI is InChI=1S/C25H29N5O/c1-24-10-11-25(2,29-24)16-19(15-24)30(3)23-7-6-21(27-28-23)20-5-4-18(14-22(20)31)17-8-12-26-13-9-17/h4-9,12-14,19,29,31H,10-11,15-16H2,1-3H3/t19?,24-,25+. The molecule has 6 heteroatoms. The zero-order chi connectivity index (χ0) is 21.6. The molecule has 4 heterocycles. The predicted molar refractivity (Wildman–Crippen MR) is 123 cm³/mol. The topological polar surface area (TPSA) is 74.2 Å². The molecule has 1 aromatic carbocycles. The highest BCUT2D eigenvalue weighted by Gasteiger charge is 2.49. The molecule has 6 nitrogen and oxygen atoms in total. The first-order valence-electron chi connectivity index (χ1n) is 10.9. The lowest BCUT2D eigenvalue weighted by Crippen LogP contribution is -2.58. The van der Waals surface area contributed by atoms with Gasteiger partial charge in [0.05, 0.1) is 5.69 Å². The van der Waals surface area contributed by atoms with E-state index in [1.54, 1.807) is 18.5 Å². The second-order valence-corrected chi connectivity index (χ2v) is 9.66. The first-order chi connectivity index (χ1) is 14.8. The molecule has 2 saturated heterocycles. The van der Waals surface area contributed by atoms with Crippen molar-refractivity contribution in [2.45, 2.75) is 56.7 Å². The maximum Gasteiger partial charge on any atom is 0.151 e. The summed E-state index contributed by atoms with van der Waals surface area (Å²) in [6, 6.07) is 13.9. The fourth-order valence-corrected chi connectivity index (χ4v) is 5.41. The Kier molecular flexibility index (Phi) is 4.70. The summed E-state index contributed by atoms with van der Waals surface area (Å²) in [6.07, 6.45) is 8.17. The van der Waals surface area contributed by atoms with Crippen molar-refractivity contribution >= 4 is 5.82 Å². The number of anilines is 1. The van der Waals surface area contributed by atoms with Gasteiger partial charge in [0.15, 0.2) is 5.82 Å². The van der Waals surface area contributed by atoms with E-state index in [1.807, 2.05) is 36.4 Å². The summed E-state index contributed by atoms with van der Waals surface area (Å²) in [5.74, 6) is 1.07. The number of pyridine rings is 1. The normalized spacial score (nSPS) is 27.3. The third kappa shape index (κ3) is 3.76. The van der Waals surface area contributed by atoms with E-state index in [-0.39, 0.29) is 16.8 Å². The number of nitrogens with one attached hydrogen (secondary N) is 1. The van der Waals surface area contributed by atoms with Crippen LogP contribution in [0.25, 0.3) is 22.4 Å². The van der Waals surface area contributed by atoms with Gasteiger partial charge >= 0.3 is 0 Å². The van der Waals surface area contributed by atoms with E-state index in [1.165, 1.54) is 12.8 Å².